The number of methoxy groups -OCH3 is 1. The minimum atomic E-state index is -0.800. The van der Waals surface area contributed by atoms with Gasteiger partial charge in [0, 0.05) is 35.2 Å². The van der Waals surface area contributed by atoms with E-state index in [1.165, 1.54) is 6.21 Å². The van der Waals surface area contributed by atoms with Gasteiger partial charge < -0.3 is 14.6 Å². The van der Waals surface area contributed by atoms with Crippen molar-refractivity contribution in [2.24, 2.45) is 5.10 Å². The van der Waals surface area contributed by atoms with Gasteiger partial charge >= 0.3 is 11.8 Å². The third kappa shape index (κ3) is 5.60. The standard InChI is InChI=1S/C24H26N4O3/c1-17-14-20(18(2)28(17)21-10-7-11-22(15-21)31-3)16-26-27-24(30)23(29)25-13-12-19-8-5-4-6-9-19/h4-11,14-16H,12-13H2,1-3H3,(H,25,29)(H,27,30)/b26-16-. The third-order valence-electron chi connectivity index (χ3n) is 4.90. The summed E-state index contributed by atoms with van der Waals surface area (Å²) in [5, 5.41) is 6.54. The highest BCUT2D eigenvalue weighted by Gasteiger charge is 2.13. The molecule has 3 aromatic rings. The van der Waals surface area contributed by atoms with Crippen molar-refractivity contribution in [2.75, 3.05) is 13.7 Å². The number of nitrogens with zero attached hydrogens (tertiary/aromatic N) is 2. The number of nitrogens with one attached hydrogen (secondary N) is 2. The number of benzene rings is 2. The monoisotopic (exact) mass is 418 g/mol. The lowest BCUT2D eigenvalue weighted by molar-refractivity contribution is -0.139. The largest absolute Gasteiger partial charge is 0.497 e. The number of hydrogen-bond acceptors (Lipinski definition) is 4. The van der Waals surface area contributed by atoms with Crippen LogP contribution in [0.3, 0.4) is 0 Å². The van der Waals surface area contributed by atoms with E-state index in [-0.39, 0.29) is 0 Å². The number of aromatic nitrogens is 1. The maximum absolute atomic E-state index is 12.0. The molecule has 3 rings (SSSR count). The summed E-state index contributed by atoms with van der Waals surface area (Å²) < 4.78 is 7.38. The number of carbonyl (C=O) groups excluding carboxylic acids is 2. The van der Waals surface area contributed by atoms with Crippen LogP contribution in [0.1, 0.15) is 22.5 Å². The summed E-state index contributed by atoms with van der Waals surface area (Å²) in [5.41, 5.74) is 7.15. The predicted octanol–water partition coefficient (Wildman–Crippen LogP) is 2.91. The topological polar surface area (TPSA) is 84.7 Å². The molecule has 0 saturated carbocycles. The van der Waals surface area contributed by atoms with E-state index >= 15 is 0 Å². The fourth-order valence-corrected chi connectivity index (χ4v) is 3.32. The van der Waals surface area contributed by atoms with E-state index in [0.717, 1.165) is 34.0 Å². The fraction of sp³-hybridized carbons (Fsp3) is 0.208. The number of hydrogen-bond donors (Lipinski definition) is 2. The van der Waals surface area contributed by atoms with Crippen LogP contribution in [0.2, 0.25) is 0 Å². The lowest BCUT2D eigenvalue weighted by atomic mass is 10.1. The van der Waals surface area contributed by atoms with Gasteiger partial charge in [-0.15, -0.1) is 0 Å². The Morgan fingerprint density at radius 3 is 2.55 bits per heavy atom. The van der Waals surface area contributed by atoms with Gasteiger partial charge in [-0.1, -0.05) is 36.4 Å². The van der Waals surface area contributed by atoms with Crippen molar-refractivity contribution >= 4 is 18.0 Å². The maximum Gasteiger partial charge on any atom is 0.329 e. The quantitative estimate of drug-likeness (QED) is 0.352. The molecule has 7 nitrogen and oxygen atoms in total. The second kappa shape index (κ2) is 10.2. The van der Waals surface area contributed by atoms with Gasteiger partial charge in [0.2, 0.25) is 0 Å². The summed E-state index contributed by atoms with van der Waals surface area (Å²) >= 11 is 0. The Morgan fingerprint density at radius 1 is 1.03 bits per heavy atom. The highest BCUT2D eigenvalue weighted by atomic mass is 16.5. The molecule has 31 heavy (non-hydrogen) atoms. The first-order chi connectivity index (χ1) is 15.0. The minimum absolute atomic E-state index is 0.377. The van der Waals surface area contributed by atoms with Crippen molar-refractivity contribution in [3.63, 3.8) is 0 Å². The molecule has 0 aliphatic carbocycles. The van der Waals surface area contributed by atoms with Crippen molar-refractivity contribution in [1.82, 2.24) is 15.3 Å². The predicted molar refractivity (Wildman–Crippen MR) is 121 cm³/mol. The summed E-state index contributed by atoms with van der Waals surface area (Å²) in [5.74, 6) is -0.744. The van der Waals surface area contributed by atoms with Gasteiger partial charge in [-0.05, 0) is 44.0 Å². The van der Waals surface area contributed by atoms with Gasteiger partial charge in [-0.2, -0.15) is 5.10 Å². The molecule has 2 aromatic carbocycles. The number of amides is 2. The van der Waals surface area contributed by atoms with Gasteiger partial charge in [0.1, 0.15) is 5.75 Å². The van der Waals surface area contributed by atoms with Crippen LogP contribution >= 0.6 is 0 Å². The fourth-order valence-electron chi connectivity index (χ4n) is 3.32. The number of aryl methyl sites for hydroxylation is 1. The molecule has 2 amide bonds. The van der Waals surface area contributed by atoms with Crippen molar-refractivity contribution in [2.45, 2.75) is 20.3 Å². The smallest absolute Gasteiger partial charge is 0.329 e. The molecule has 0 fully saturated rings. The van der Waals surface area contributed by atoms with Crippen LogP contribution in [0.5, 0.6) is 5.75 Å². The van der Waals surface area contributed by atoms with E-state index in [2.05, 4.69) is 20.4 Å². The second-order valence-electron chi connectivity index (χ2n) is 7.05. The first-order valence-corrected chi connectivity index (χ1v) is 9.98. The highest BCUT2D eigenvalue weighted by Crippen LogP contribution is 2.22. The number of rotatable bonds is 7. The van der Waals surface area contributed by atoms with Crippen molar-refractivity contribution in [3.05, 3.63) is 83.2 Å². The van der Waals surface area contributed by atoms with E-state index in [0.29, 0.717) is 13.0 Å². The molecule has 2 N–H and O–H groups in total. The Labute approximate surface area is 181 Å². The molecule has 7 heteroatoms. The number of hydrazone groups is 1. The normalized spacial score (nSPS) is 10.8. The molecular weight excluding hydrogens is 392 g/mol. The molecule has 1 heterocycles. The number of carbonyl (C=O) groups is 2. The Morgan fingerprint density at radius 2 is 1.81 bits per heavy atom. The summed E-state index contributed by atoms with van der Waals surface area (Å²) in [6, 6.07) is 19.5. The Balaban J connectivity index is 1.58. The van der Waals surface area contributed by atoms with E-state index in [4.69, 9.17) is 4.74 Å². The van der Waals surface area contributed by atoms with Crippen LogP contribution in [0.25, 0.3) is 5.69 Å². The highest BCUT2D eigenvalue weighted by molar-refractivity contribution is 6.35. The Kier molecular flexibility index (Phi) is 7.22. The minimum Gasteiger partial charge on any atom is -0.497 e. The molecule has 0 atom stereocenters. The van der Waals surface area contributed by atoms with E-state index in [1.54, 1.807) is 7.11 Å². The van der Waals surface area contributed by atoms with Crippen LogP contribution in [-0.2, 0) is 16.0 Å². The molecular formula is C24H26N4O3. The Bertz CT molecular complexity index is 1090. The molecule has 0 radical (unpaired) electrons. The van der Waals surface area contributed by atoms with E-state index in [9.17, 15) is 9.59 Å². The zero-order valence-electron chi connectivity index (χ0n) is 17.9. The molecule has 0 unspecified atom stereocenters. The van der Waals surface area contributed by atoms with E-state index < -0.39 is 11.8 Å². The zero-order chi connectivity index (χ0) is 22.2. The average molecular weight is 418 g/mol. The third-order valence-corrected chi connectivity index (χ3v) is 4.90. The number of ether oxygens (including phenoxy) is 1. The summed E-state index contributed by atoms with van der Waals surface area (Å²) in [4.78, 5) is 23.9. The lowest BCUT2D eigenvalue weighted by Gasteiger charge is -2.11. The summed E-state index contributed by atoms with van der Waals surface area (Å²) in [6.45, 7) is 4.33. The van der Waals surface area contributed by atoms with Crippen LogP contribution in [0, 0.1) is 13.8 Å². The Hall–Kier alpha value is -3.87. The molecule has 0 aliphatic heterocycles. The lowest BCUT2D eigenvalue weighted by Crippen LogP contribution is -2.38. The SMILES string of the molecule is COc1cccc(-n2c(C)cc(/C=N\NC(=O)C(=O)NCCc3ccccc3)c2C)c1. The van der Waals surface area contributed by atoms with Crippen LogP contribution in [0.4, 0.5) is 0 Å². The molecule has 1 aromatic heterocycles. The van der Waals surface area contributed by atoms with Gasteiger partial charge in [0.15, 0.2) is 0 Å². The van der Waals surface area contributed by atoms with Crippen molar-refractivity contribution in [3.8, 4) is 11.4 Å². The van der Waals surface area contributed by atoms with Crippen LogP contribution < -0.4 is 15.5 Å². The van der Waals surface area contributed by atoms with Gasteiger partial charge in [0.25, 0.3) is 0 Å². The van der Waals surface area contributed by atoms with E-state index in [1.807, 2.05) is 74.5 Å². The maximum atomic E-state index is 12.0. The van der Waals surface area contributed by atoms with Crippen molar-refractivity contribution in [1.29, 1.82) is 0 Å². The first kappa shape index (κ1) is 21.8. The van der Waals surface area contributed by atoms with Gasteiger partial charge in [-0.3, -0.25) is 9.59 Å². The molecule has 0 bridgehead atoms. The van der Waals surface area contributed by atoms with Crippen molar-refractivity contribution < 1.29 is 14.3 Å². The molecule has 0 aliphatic rings. The second-order valence-corrected chi connectivity index (χ2v) is 7.05. The van der Waals surface area contributed by atoms with Gasteiger partial charge in [0.05, 0.1) is 13.3 Å². The molecule has 160 valence electrons. The van der Waals surface area contributed by atoms with Gasteiger partial charge in [-0.25, -0.2) is 5.43 Å². The van der Waals surface area contributed by atoms with Crippen LogP contribution in [-0.4, -0.2) is 36.3 Å². The average Bonchev–Trinajstić information content (AvgIpc) is 3.07. The molecule has 0 spiro atoms. The van der Waals surface area contributed by atoms with Crippen LogP contribution in [0.15, 0.2) is 65.8 Å². The molecule has 0 saturated heterocycles. The summed E-state index contributed by atoms with van der Waals surface area (Å²) in [7, 11) is 1.63. The summed E-state index contributed by atoms with van der Waals surface area (Å²) in [6.07, 6.45) is 2.19. The zero-order valence-corrected chi connectivity index (χ0v) is 17.9. The first-order valence-electron chi connectivity index (χ1n) is 9.98.